The zero-order chi connectivity index (χ0) is 17.8. The van der Waals surface area contributed by atoms with E-state index in [0.29, 0.717) is 29.1 Å². The van der Waals surface area contributed by atoms with Crippen LogP contribution in [0.25, 0.3) is 0 Å². The molecule has 3 rings (SSSR count). The first-order valence-electron chi connectivity index (χ1n) is 7.80. The van der Waals surface area contributed by atoms with Gasteiger partial charge < -0.3 is 15.7 Å². The van der Waals surface area contributed by atoms with Crippen molar-refractivity contribution in [3.8, 4) is 6.07 Å². The van der Waals surface area contributed by atoms with E-state index in [1.54, 1.807) is 6.20 Å². The van der Waals surface area contributed by atoms with Crippen LogP contribution in [0.2, 0.25) is 0 Å². The maximum Gasteiger partial charge on any atom is 0.308 e. The fraction of sp³-hybridized carbons (Fsp3) is 0.294. The fourth-order valence-electron chi connectivity index (χ4n) is 2.68. The summed E-state index contributed by atoms with van der Waals surface area (Å²) in [5, 5.41) is 24.8. The maximum absolute atomic E-state index is 12.2. The average molecular weight is 356 g/mol. The summed E-state index contributed by atoms with van der Waals surface area (Å²) in [6.45, 7) is 0.279. The molecule has 0 aliphatic carbocycles. The Balaban J connectivity index is 1.69. The molecule has 128 valence electrons. The predicted octanol–water partition coefficient (Wildman–Crippen LogP) is 2.25. The molecule has 1 unspecified atom stereocenters. The van der Waals surface area contributed by atoms with E-state index in [1.165, 1.54) is 11.3 Å². The molecule has 7 nitrogen and oxygen atoms in total. The number of hydrogen-bond acceptors (Lipinski definition) is 6. The number of aryl methyl sites for hydroxylation is 1. The third kappa shape index (κ3) is 3.78. The van der Waals surface area contributed by atoms with Crippen LogP contribution in [0, 0.1) is 17.2 Å². The highest BCUT2D eigenvalue weighted by Gasteiger charge is 2.29. The van der Waals surface area contributed by atoms with Gasteiger partial charge >= 0.3 is 5.97 Å². The number of carbonyl (C=O) groups excluding carboxylic acids is 1. The van der Waals surface area contributed by atoms with Gasteiger partial charge in [-0.05, 0) is 25.0 Å². The number of hydrogen-bond donors (Lipinski definition) is 3. The molecule has 1 atom stereocenters. The van der Waals surface area contributed by atoms with Gasteiger partial charge in [-0.3, -0.25) is 14.6 Å². The summed E-state index contributed by atoms with van der Waals surface area (Å²) < 4.78 is 0. The number of fused-ring (bicyclic) bond motifs is 1. The smallest absolute Gasteiger partial charge is 0.308 e. The van der Waals surface area contributed by atoms with Crippen molar-refractivity contribution in [2.75, 3.05) is 17.2 Å². The second-order valence-corrected chi connectivity index (χ2v) is 6.81. The van der Waals surface area contributed by atoms with Crippen LogP contribution in [0.3, 0.4) is 0 Å². The zero-order valence-corrected chi connectivity index (χ0v) is 14.1. The summed E-state index contributed by atoms with van der Waals surface area (Å²) in [6.07, 6.45) is 2.81. The highest BCUT2D eigenvalue weighted by Crippen LogP contribution is 2.41. The molecule has 0 saturated heterocycles. The lowest BCUT2D eigenvalue weighted by atomic mass is 9.99. The third-order valence-electron chi connectivity index (χ3n) is 3.99. The number of thiophene rings is 1. The van der Waals surface area contributed by atoms with Crippen LogP contribution in [0.4, 0.5) is 10.7 Å². The molecule has 0 spiro atoms. The quantitative estimate of drug-likeness (QED) is 0.757. The molecule has 1 aliphatic heterocycles. The van der Waals surface area contributed by atoms with Crippen LogP contribution >= 0.6 is 11.3 Å². The number of rotatable bonds is 5. The van der Waals surface area contributed by atoms with Crippen LogP contribution in [0.15, 0.2) is 24.4 Å². The van der Waals surface area contributed by atoms with Crippen molar-refractivity contribution in [1.29, 1.82) is 5.26 Å². The normalized spacial score (nSPS) is 15.6. The average Bonchev–Trinajstić information content (AvgIpc) is 2.96. The summed E-state index contributed by atoms with van der Waals surface area (Å²) in [5.74, 6) is -1.59. The minimum atomic E-state index is -0.869. The van der Waals surface area contributed by atoms with Gasteiger partial charge in [0.1, 0.15) is 16.6 Å². The van der Waals surface area contributed by atoms with Crippen molar-refractivity contribution in [3.63, 3.8) is 0 Å². The number of nitriles is 1. The molecular formula is C17H16N4O3S. The molecule has 8 heteroatoms. The van der Waals surface area contributed by atoms with Crippen molar-refractivity contribution in [2.24, 2.45) is 5.92 Å². The number of amides is 1. The number of nitrogens with zero attached hydrogens (tertiary/aromatic N) is 2. The Bertz CT molecular complexity index is 842. The third-order valence-corrected chi connectivity index (χ3v) is 5.11. The summed E-state index contributed by atoms with van der Waals surface area (Å²) >= 11 is 1.26. The van der Waals surface area contributed by atoms with Crippen LogP contribution in [-0.4, -0.2) is 28.5 Å². The number of carboxylic acids is 1. The summed E-state index contributed by atoms with van der Waals surface area (Å²) in [6, 6.07) is 7.64. The number of carboxylic acid groups (broad SMARTS) is 1. The number of anilines is 2. The monoisotopic (exact) mass is 356 g/mol. The molecule has 3 N–H and O–H groups in total. The van der Waals surface area contributed by atoms with E-state index in [1.807, 2.05) is 18.2 Å². The van der Waals surface area contributed by atoms with Gasteiger partial charge in [-0.25, -0.2) is 0 Å². The minimum absolute atomic E-state index is 0.199. The van der Waals surface area contributed by atoms with Gasteiger partial charge in [0.25, 0.3) is 0 Å². The summed E-state index contributed by atoms with van der Waals surface area (Å²) in [5.41, 5.74) is 1.84. The van der Waals surface area contributed by atoms with Gasteiger partial charge in [0.15, 0.2) is 0 Å². The molecule has 0 fully saturated rings. The number of pyridine rings is 1. The Labute approximate surface area is 148 Å². The first-order chi connectivity index (χ1) is 12.1. The highest BCUT2D eigenvalue weighted by atomic mass is 32.1. The first-order valence-corrected chi connectivity index (χ1v) is 8.62. The van der Waals surface area contributed by atoms with Gasteiger partial charge in [-0.1, -0.05) is 6.07 Å². The van der Waals surface area contributed by atoms with E-state index in [4.69, 9.17) is 5.11 Å². The van der Waals surface area contributed by atoms with Crippen LogP contribution < -0.4 is 10.6 Å². The lowest BCUT2D eigenvalue weighted by molar-refractivity contribution is -0.141. The molecule has 0 aromatic carbocycles. The van der Waals surface area contributed by atoms with Crippen molar-refractivity contribution in [1.82, 2.24) is 4.98 Å². The summed E-state index contributed by atoms with van der Waals surface area (Å²) in [7, 11) is 0. The first kappa shape index (κ1) is 16.9. The van der Waals surface area contributed by atoms with E-state index in [2.05, 4.69) is 21.7 Å². The van der Waals surface area contributed by atoms with E-state index in [-0.39, 0.29) is 18.9 Å². The fourth-order valence-corrected chi connectivity index (χ4v) is 3.90. The van der Waals surface area contributed by atoms with E-state index >= 15 is 0 Å². The molecule has 1 amide bonds. The van der Waals surface area contributed by atoms with Crippen molar-refractivity contribution >= 4 is 33.9 Å². The largest absolute Gasteiger partial charge is 0.481 e. The molecule has 3 heterocycles. The van der Waals surface area contributed by atoms with Crippen LogP contribution in [0.1, 0.15) is 22.6 Å². The molecule has 2 aromatic rings. The van der Waals surface area contributed by atoms with Gasteiger partial charge in [-0.15, -0.1) is 11.3 Å². The highest BCUT2D eigenvalue weighted by molar-refractivity contribution is 7.17. The lowest BCUT2D eigenvalue weighted by Crippen LogP contribution is -2.28. The van der Waals surface area contributed by atoms with Crippen molar-refractivity contribution in [2.45, 2.75) is 19.3 Å². The Morgan fingerprint density at radius 1 is 1.48 bits per heavy atom. The Morgan fingerprint density at radius 2 is 2.32 bits per heavy atom. The number of nitrogens with one attached hydrogen (secondary N) is 2. The van der Waals surface area contributed by atoms with Crippen LogP contribution in [-0.2, 0) is 22.4 Å². The van der Waals surface area contributed by atoms with Crippen molar-refractivity contribution < 1.29 is 14.7 Å². The minimum Gasteiger partial charge on any atom is -0.481 e. The van der Waals surface area contributed by atoms with E-state index in [9.17, 15) is 14.9 Å². The second-order valence-electron chi connectivity index (χ2n) is 5.71. The molecule has 0 saturated carbocycles. The number of carbonyl (C=O) groups is 2. The van der Waals surface area contributed by atoms with Crippen LogP contribution in [0.5, 0.6) is 0 Å². The number of aromatic nitrogens is 1. The Hall–Kier alpha value is -2.92. The SMILES string of the molecule is N#Cc1c(NC(=O)CCc2ccccn2)sc2c1NCC(C(=O)O)C2. The van der Waals surface area contributed by atoms with Gasteiger partial charge in [0.05, 0.1) is 11.6 Å². The van der Waals surface area contributed by atoms with E-state index < -0.39 is 11.9 Å². The predicted molar refractivity (Wildman–Crippen MR) is 93.5 cm³/mol. The molecule has 0 bridgehead atoms. The molecule has 1 aliphatic rings. The second kappa shape index (κ2) is 7.32. The summed E-state index contributed by atoms with van der Waals surface area (Å²) in [4.78, 5) is 28.3. The molecule has 2 aromatic heterocycles. The van der Waals surface area contributed by atoms with Gasteiger partial charge in [0.2, 0.25) is 5.91 Å². The van der Waals surface area contributed by atoms with Gasteiger partial charge in [0, 0.05) is 29.7 Å². The Morgan fingerprint density at radius 3 is 3.00 bits per heavy atom. The van der Waals surface area contributed by atoms with Crippen molar-refractivity contribution in [3.05, 3.63) is 40.5 Å². The molecule has 25 heavy (non-hydrogen) atoms. The molecular weight excluding hydrogens is 340 g/mol. The topological polar surface area (TPSA) is 115 Å². The van der Waals surface area contributed by atoms with E-state index in [0.717, 1.165) is 10.6 Å². The Kier molecular flexibility index (Phi) is 4.95. The standard InChI is InChI=1S/C17H16N4O3S/c18-8-12-15-13(7-10(9-20-15)17(23)24)25-16(12)21-14(22)5-4-11-3-1-2-6-19-11/h1-3,6,10,20H,4-5,7,9H2,(H,21,22)(H,23,24). The number of aliphatic carboxylic acids is 1. The zero-order valence-electron chi connectivity index (χ0n) is 13.3. The van der Waals surface area contributed by atoms with Gasteiger partial charge in [-0.2, -0.15) is 5.26 Å². The molecule has 0 radical (unpaired) electrons. The maximum atomic E-state index is 12.2. The lowest BCUT2D eigenvalue weighted by Gasteiger charge is -2.20.